The maximum Gasteiger partial charge on any atom is 0.416 e. The Morgan fingerprint density at radius 1 is 1.22 bits per heavy atom. The molecule has 1 aliphatic heterocycles. The third kappa shape index (κ3) is 4.60. The molecule has 1 aliphatic rings. The number of carbonyl (C=O) groups is 1. The van der Waals surface area contributed by atoms with Crippen molar-refractivity contribution in [3.63, 3.8) is 0 Å². The minimum absolute atomic E-state index is 0.198. The summed E-state index contributed by atoms with van der Waals surface area (Å²) in [6.45, 7) is 5.76. The van der Waals surface area contributed by atoms with Gasteiger partial charge in [-0.05, 0) is 32.0 Å². The quantitative estimate of drug-likeness (QED) is 0.880. The molecule has 1 aromatic heterocycles. The number of anilines is 2. The first kappa shape index (κ1) is 19.2. The minimum atomic E-state index is -4.36. The van der Waals surface area contributed by atoms with Crippen LogP contribution in [0.5, 0.6) is 0 Å². The third-order valence-corrected chi connectivity index (χ3v) is 4.66. The van der Waals surface area contributed by atoms with E-state index < -0.39 is 11.7 Å². The van der Waals surface area contributed by atoms with Crippen molar-refractivity contribution in [2.24, 2.45) is 0 Å². The first-order valence-corrected chi connectivity index (χ1v) is 8.64. The highest BCUT2D eigenvalue weighted by Gasteiger charge is 2.31. The van der Waals surface area contributed by atoms with Gasteiger partial charge in [-0.15, -0.1) is 0 Å². The molecule has 6 nitrogen and oxygen atoms in total. The molecule has 0 radical (unpaired) electrons. The molecule has 27 heavy (non-hydrogen) atoms. The largest absolute Gasteiger partial charge is 0.416 e. The van der Waals surface area contributed by atoms with E-state index in [0.29, 0.717) is 43.4 Å². The summed E-state index contributed by atoms with van der Waals surface area (Å²) in [6.07, 6.45) is -4.36. The Hall–Kier alpha value is -2.55. The van der Waals surface area contributed by atoms with Crippen molar-refractivity contribution >= 4 is 17.4 Å². The average Bonchev–Trinajstić information content (AvgIpc) is 3.05. The molecule has 1 atom stereocenters. The van der Waals surface area contributed by atoms with Gasteiger partial charge in [0.25, 0.3) is 0 Å². The Labute approximate surface area is 154 Å². The van der Waals surface area contributed by atoms with Gasteiger partial charge in [-0.25, -0.2) is 0 Å². The number of piperazine rings is 1. The number of alkyl halides is 3. The van der Waals surface area contributed by atoms with Crippen LogP contribution in [-0.2, 0) is 11.0 Å². The standard InChI is InChI=1S/C18H21F3N4O2/c1-12-10-16(23-27-12)22-17(26)13(2)24-6-8-25(9-7-24)15-5-3-4-14(11-15)18(19,20)21/h3-5,10-11,13H,6-9H2,1-2H3,(H,22,23,26)/t13-/m0/s1. The fourth-order valence-electron chi connectivity index (χ4n) is 3.07. The highest BCUT2D eigenvalue weighted by atomic mass is 19.4. The zero-order valence-electron chi connectivity index (χ0n) is 15.1. The summed E-state index contributed by atoms with van der Waals surface area (Å²) >= 11 is 0. The van der Waals surface area contributed by atoms with E-state index in [1.54, 1.807) is 26.0 Å². The summed E-state index contributed by atoms with van der Waals surface area (Å²) < 4.78 is 43.6. The predicted octanol–water partition coefficient (Wildman–Crippen LogP) is 3.15. The Kier molecular flexibility index (Phi) is 5.41. The van der Waals surface area contributed by atoms with E-state index >= 15 is 0 Å². The summed E-state index contributed by atoms with van der Waals surface area (Å²) in [6, 6.07) is 6.58. The molecule has 0 bridgehead atoms. The van der Waals surface area contributed by atoms with E-state index in [1.165, 1.54) is 12.1 Å². The van der Waals surface area contributed by atoms with Gasteiger partial charge < -0.3 is 14.7 Å². The van der Waals surface area contributed by atoms with Gasteiger partial charge in [-0.1, -0.05) is 11.2 Å². The summed E-state index contributed by atoms with van der Waals surface area (Å²) in [5, 5.41) is 6.44. The van der Waals surface area contributed by atoms with Crippen molar-refractivity contribution in [3.05, 3.63) is 41.7 Å². The fourth-order valence-corrected chi connectivity index (χ4v) is 3.07. The molecule has 1 aromatic carbocycles. The van der Waals surface area contributed by atoms with Gasteiger partial charge in [0.05, 0.1) is 11.6 Å². The van der Waals surface area contributed by atoms with Crippen LogP contribution in [0, 0.1) is 6.92 Å². The molecule has 0 spiro atoms. The van der Waals surface area contributed by atoms with Crippen LogP contribution in [0.2, 0.25) is 0 Å². The van der Waals surface area contributed by atoms with Gasteiger partial charge in [0.2, 0.25) is 5.91 Å². The number of hydrogen-bond acceptors (Lipinski definition) is 5. The van der Waals surface area contributed by atoms with Crippen LogP contribution < -0.4 is 10.2 Å². The number of nitrogens with zero attached hydrogens (tertiary/aromatic N) is 3. The summed E-state index contributed by atoms with van der Waals surface area (Å²) in [4.78, 5) is 16.2. The smallest absolute Gasteiger partial charge is 0.369 e. The molecule has 0 aliphatic carbocycles. The SMILES string of the molecule is Cc1cc(NC(=O)[C@H](C)N2CCN(c3cccc(C(F)(F)F)c3)CC2)no1. The minimum Gasteiger partial charge on any atom is -0.369 e. The van der Waals surface area contributed by atoms with Crippen molar-refractivity contribution in [2.75, 3.05) is 36.4 Å². The second kappa shape index (κ2) is 7.59. The van der Waals surface area contributed by atoms with Crippen molar-refractivity contribution in [1.29, 1.82) is 0 Å². The number of amides is 1. The van der Waals surface area contributed by atoms with Crippen molar-refractivity contribution in [1.82, 2.24) is 10.1 Å². The number of carbonyl (C=O) groups excluding carboxylic acids is 1. The third-order valence-electron chi connectivity index (χ3n) is 4.66. The van der Waals surface area contributed by atoms with Crippen molar-refractivity contribution < 1.29 is 22.5 Å². The number of aryl methyl sites for hydroxylation is 1. The van der Waals surface area contributed by atoms with Gasteiger partial charge in [-0.2, -0.15) is 13.2 Å². The molecular weight excluding hydrogens is 361 g/mol. The molecule has 1 fully saturated rings. The molecule has 3 rings (SSSR count). The van der Waals surface area contributed by atoms with Crippen molar-refractivity contribution in [3.8, 4) is 0 Å². The molecule has 0 saturated carbocycles. The van der Waals surface area contributed by atoms with Gasteiger partial charge in [0.15, 0.2) is 5.82 Å². The summed E-state index contributed by atoms with van der Waals surface area (Å²) in [5.41, 5.74) is -0.113. The zero-order chi connectivity index (χ0) is 19.6. The maximum absolute atomic E-state index is 12.9. The normalized spacial score (nSPS) is 17.0. The molecule has 146 valence electrons. The Morgan fingerprint density at radius 2 is 1.93 bits per heavy atom. The van der Waals surface area contributed by atoms with Crippen LogP contribution in [-0.4, -0.2) is 48.2 Å². The average molecular weight is 382 g/mol. The van der Waals surface area contributed by atoms with Crippen LogP contribution in [0.1, 0.15) is 18.2 Å². The van der Waals surface area contributed by atoms with Crippen LogP contribution in [0.3, 0.4) is 0 Å². The Bertz CT molecular complexity index is 798. The lowest BCUT2D eigenvalue weighted by molar-refractivity contribution is -0.137. The lowest BCUT2D eigenvalue weighted by Gasteiger charge is -2.38. The van der Waals surface area contributed by atoms with E-state index in [1.807, 2.05) is 9.80 Å². The number of aromatic nitrogens is 1. The van der Waals surface area contributed by atoms with Crippen LogP contribution in [0.4, 0.5) is 24.7 Å². The first-order chi connectivity index (χ1) is 12.7. The highest BCUT2D eigenvalue weighted by Crippen LogP contribution is 2.32. The summed E-state index contributed by atoms with van der Waals surface area (Å²) in [7, 11) is 0. The lowest BCUT2D eigenvalue weighted by atomic mass is 10.1. The molecule has 2 heterocycles. The number of nitrogens with one attached hydrogen (secondary N) is 1. The molecule has 1 saturated heterocycles. The van der Waals surface area contributed by atoms with Crippen LogP contribution >= 0.6 is 0 Å². The van der Waals surface area contributed by atoms with Crippen LogP contribution in [0.25, 0.3) is 0 Å². The van der Waals surface area contributed by atoms with E-state index in [9.17, 15) is 18.0 Å². The Balaban J connectivity index is 1.57. The lowest BCUT2D eigenvalue weighted by Crippen LogP contribution is -2.52. The summed E-state index contributed by atoms with van der Waals surface area (Å²) in [5.74, 6) is 0.774. The molecule has 2 aromatic rings. The second-order valence-corrected chi connectivity index (χ2v) is 6.56. The van der Waals surface area contributed by atoms with E-state index in [4.69, 9.17) is 4.52 Å². The zero-order valence-corrected chi connectivity index (χ0v) is 15.1. The van der Waals surface area contributed by atoms with Crippen LogP contribution in [0.15, 0.2) is 34.9 Å². The number of hydrogen-bond donors (Lipinski definition) is 1. The Morgan fingerprint density at radius 3 is 2.52 bits per heavy atom. The first-order valence-electron chi connectivity index (χ1n) is 8.64. The van der Waals surface area contributed by atoms with Gasteiger partial charge in [-0.3, -0.25) is 9.69 Å². The molecule has 9 heteroatoms. The van der Waals surface area contributed by atoms with Gasteiger partial charge in [0.1, 0.15) is 5.76 Å². The van der Waals surface area contributed by atoms with E-state index in [2.05, 4.69) is 10.5 Å². The molecule has 1 amide bonds. The monoisotopic (exact) mass is 382 g/mol. The van der Waals surface area contributed by atoms with Gasteiger partial charge >= 0.3 is 6.18 Å². The fraction of sp³-hybridized carbons (Fsp3) is 0.444. The molecular formula is C18H21F3N4O2. The van der Waals surface area contributed by atoms with E-state index in [0.717, 1.165) is 6.07 Å². The highest BCUT2D eigenvalue weighted by molar-refractivity contribution is 5.93. The van der Waals surface area contributed by atoms with Crippen molar-refractivity contribution in [2.45, 2.75) is 26.1 Å². The predicted molar refractivity (Wildman–Crippen MR) is 94.6 cm³/mol. The number of halogens is 3. The van der Waals surface area contributed by atoms with Gasteiger partial charge in [0, 0.05) is 37.9 Å². The maximum atomic E-state index is 12.9. The second-order valence-electron chi connectivity index (χ2n) is 6.56. The topological polar surface area (TPSA) is 61.6 Å². The molecule has 0 unspecified atom stereocenters. The molecule has 1 N–H and O–H groups in total. The number of rotatable bonds is 4. The van der Waals surface area contributed by atoms with E-state index in [-0.39, 0.29) is 11.9 Å². The number of benzene rings is 1.